The highest BCUT2D eigenvalue weighted by Gasteiger charge is 2.37. The van der Waals surface area contributed by atoms with Crippen molar-refractivity contribution in [2.24, 2.45) is 0 Å². The van der Waals surface area contributed by atoms with Crippen molar-refractivity contribution < 1.29 is 9.53 Å². The average Bonchev–Trinajstić information content (AvgIpc) is 2.96. The van der Waals surface area contributed by atoms with Crippen molar-refractivity contribution in [1.29, 1.82) is 0 Å². The molecule has 1 saturated heterocycles. The van der Waals surface area contributed by atoms with Gasteiger partial charge in [0.2, 0.25) is 0 Å². The second kappa shape index (κ2) is 5.81. The number of carbonyl (C=O) groups excluding carboxylic acids is 1. The summed E-state index contributed by atoms with van der Waals surface area (Å²) in [5, 5.41) is 4.29. The van der Waals surface area contributed by atoms with Crippen molar-refractivity contribution in [2.75, 3.05) is 13.2 Å². The van der Waals surface area contributed by atoms with Crippen LogP contribution in [-0.4, -0.2) is 45.4 Å². The van der Waals surface area contributed by atoms with Gasteiger partial charge in [-0.15, -0.1) is 0 Å². The molecule has 0 saturated carbocycles. The summed E-state index contributed by atoms with van der Waals surface area (Å²) in [5.74, 6) is 0.0494. The topological polar surface area (TPSA) is 47.4 Å². The van der Waals surface area contributed by atoms with Crippen LogP contribution in [0.3, 0.4) is 0 Å². The third-order valence-corrected chi connectivity index (χ3v) is 4.23. The lowest BCUT2D eigenvalue weighted by atomic mass is 9.99. The lowest BCUT2D eigenvalue weighted by Crippen LogP contribution is -2.57. The van der Waals surface area contributed by atoms with Crippen LogP contribution in [0.2, 0.25) is 0 Å². The Bertz CT molecular complexity index is 703. The Hall–Kier alpha value is -2.14. The molecule has 1 aliphatic heterocycles. The highest BCUT2D eigenvalue weighted by atomic mass is 16.5. The molecule has 1 fully saturated rings. The van der Waals surface area contributed by atoms with Crippen LogP contribution in [0.1, 0.15) is 36.7 Å². The van der Waals surface area contributed by atoms with E-state index in [9.17, 15) is 4.79 Å². The minimum Gasteiger partial charge on any atom is -0.374 e. The number of morpholine rings is 1. The number of hydrogen-bond acceptors (Lipinski definition) is 3. The highest BCUT2D eigenvalue weighted by molar-refractivity contribution is 5.95. The molecule has 1 atom stereocenters. The molecule has 5 heteroatoms. The van der Waals surface area contributed by atoms with Crippen LogP contribution >= 0.6 is 0 Å². The van der Waals surface area contributed by atoms with Gasteiger partial charge in [0.05, 0.1) is 30.1 Å². The second-order valence-electron chi connectivity index (χ2n) is 6.86. The number of hydrogen-bond donors (Lipinski definition) is 0. The molecule has 1 aliphatic rings. The lowest BCUT2D eigenvalue weighted by molar-refractivity contribution is -0.0755. The normalized spacial score (nSPS) is 20.5. The number of aromatic nitrogens is 2. The molecule has 0 aliphatic carbocycles. The molecule has 2 aromatic rings. The zero-order valence-electron chi connectivity index (χ0n) is 14.1. The molecule has 1 amide bonds. The Balaban J connectivity index is 1.82. The number of carbonyl (C=O) groups is 1. The number of ether oxygens (including phenoxy) is 1. The first kappa shape index (κ1) is 15.7. The van der Waals surface area contributed by atoms with Gasteiger partial charge in [-0.25, -0.2) is 4.68 Å². The van der Waals surface area contributed by atoms with Gasteiger partial charge in [0.15, 0.2) is 0 Å². The van der Waals surface area contributed by atoms with E-state index in [4.69, 9.17) is 4.74 Å². The first-order valence-corrected chi connectivity index (χ1v) is 7.92. The van der Waals surface area contributed by atoms with Crippen LogP contribution in [0.4, 0.5) is 0 Å². The van der Waals surface area contributed by atoms with Gasteiger partial charge >= 0.3 is 0 Å². The SMILES string of the molecule is Cc1cnn(-c2ccc(C(=O)N3CC(C)OCC3(C)C)cc2)c1. The molecular formula is C18H23N3O2. The van der Waals surface area contributed by atoms with Crippen molar-refractivity contribution in [1.82, 2.24) is 14.7 Å². The smallest absolute Gasteiger partial charge is 0.254 e. The van der Waals surface area contributed by atoms with Crippen molar-refractivity contribution in [3.63, 3.8) is 0 Å². The van der Waals surface area contributed by atoms with Crippen LogP contribution in [0, 0.1) is 6.92 Å². The third-order valence-electron chi connectivity index (χ3n) is 4.23. The van der Waals surface area contributed by atoms with E-state index in [0.717, 1.165) is 11.3 Å². The molecule has 1 aromatic heterocycles. The van der Waals surface area contributed by atoms with Gasteiger partial charge in [-0.3, -0.25) is 4.79 Å². The van der Waals surface area contributed by atoms with Crippen LogP contribution in [0.25, 0.3) is 5.69 Å². The quantitative estimate of drug-likeness (QED) is 0.856. The van der Waals surface area contributed by atoms with Gasteiger partial charge in [0.1, 0.15) is 0 Å². The Morgan fingerprint density at radius 3 is 2.61 bits per heavy atom. The van der Waals surface area contributed by atoms with E-state index in [1.807, 2.05) is 73.9 Å². The molecule has 2 heterocycles. The Morgan fingerprint density at radius 1 is 1.30 bits per heavy atom. The van der Waals surface area contributed by atoms with E-state index >= 15 is 0 Å². The summed E-state index contributed by atoms with van der Waals surface area (Å²) < 4.78 is 7.49. The molecule has 1 aromatic carbocycles. The van der Waals surface area contributed by atoms with Crippen molar-refractivity contribution in [3.8, 4) is 5.69 Å². The fourth-order valence-electron chi connectivity index (χ4n) is 2.81. The largest absolute Gasteiger partial charge is 0.374 e. The summed E-state index contributed by atoms with van der Waals surface area (Å²) in [7, 11) is 0. The molecule has 0 N–H and O–H groups in total. The van der Waals surface area contributed by atoms with E-state index in [1.54, 1.807) is 0 Å². The maximum Gasteiger partial charge on any atom is 0.254 e. The van der Waals surface area contributed by atoms with E-state index in [1.165, 1.54) is 0 Å². The Kier molecular flexibility index (Phi) is 3.98. The van der Waals surface area contributed by atoms with E-state index < -0.39 is 0 Å². The molecule has 3 rings (SSSR count). The molecule has 0 radical (unpaired) electrons. The number of nitrogens with zero attached hydrogens (tertiary/aromatic N) is 3. The molecular weight excluding hydrogens is 290 g/mol. The number of amides is 1. The standard InChI is InChI=1S/C18H23N3O2/c1-13-9-19-21(10-13)16-7-5-15(6-8-16)17(22)20-11-14(2)23-12-18(20,3)4/h5-10,14H,11-12H2,1-4H3. The van der Waals surface area contributed by atoms with E-state index in [0.29, 0.717) is 18.7 Å². The molecule has 0 bridgehead atoms. The van der Waals surface area contributed by atoms with Gasteiger partial charge in [0.25, 0.3) is 5.91 Å². The van der Waals surface area contributed by atoms with Gasteiger partial charge in [-0.05, 0) is 57.5 Å². The van der Waals surface area contributed by atoms with Gasteiger partial charge in [-0.1, -0.05) is 0 Å². The minimum atomic E-state index is -0.290. The fourth-order valence-corrected chi connectivity index (χ4v) is 2.81. The van der Waals surface area contributed by atoms with Crippen LogP contribution in [-0.2, 0) is 4.74 Å². The predicted molar refractivity (Wildman–Crippen MR) is 88.8 cm³/mol. The summed E-state index contributed by atoms with van der Waals surface area (Å²) >= 11 is 0. The third kappa shape index (κ3) is 3.15. The van der Waals surface area contributed by atoms with Crippen LogP contribution in [0.15, 0.2) is 36.7 Å². The fraction of sp³-hybridized carbons (Fsp3) is 0.444. The highest BCUT2D eigenvalue weighted by Crippen LogP contribution is 2.24. The van der Waals surface area contributed by atoms with Gasteiger partial charge in [0, 0.05) is 18.3 Å². The Labute approximate surface area is 136 Å². The van der Waals surface area contributed by atoms with Crippen molar-refractivity contribution in [3.05, 3.63) is 47.8 Å². The molecule has 0 spiro atoms. The monoisotopic (exact) mass is 313 g/mol. The number of rotatable bonds is 2. The Morgan fingerprint density at radius 2 is 2.00 bits per heavy atom. The zero-order valence-corrected chi connectivity index (χ0v) is 14.1. The molecule has 122 valence electrons. The zero-order chi connectivity index (χ0) is 16.6. The average molecular weight is 313 g/mol. The number of benzene rings is 1. The van der Waals surface area contributed by atoms with Crippen LogP contribution < -0.4 is 0 Å². The first-order valence-electron chi connectivity index (χ1n) is 7.92. The van der Waals surface area contributed by atoms with Gasteiger partial charge < -0.3 is 9.64 Å². The van der Waals surface area contributed by atoms with Crippen LogP contribution in [0.5, 0.6) is 0 Å². The predicted octanol–water partition coefficient (Wildman–Crippen LogP) is 2.82. The first-order chi connectivity index (χ1) is 10.9. The minimum absolute atomic E-state index is 0.0494. The summed E-state index contributed by atoms with van der Waals surface area (Å²) in [6.07, 6.45) is 3.85. The van der Waals surface area contributed by atoms with Crippen molar-refractivity contribution in [2.45, 2.75) is 39.3 Å². The second-order valence-corrected chi connectivity index (χ2v) is 6.86. The molecule has 5 nitrogen and oxygen atoms in total. The van der Waals surface area contributed by atoms with Crippen molar-refractivity contribution >= 4 is 5.91 Å². The summed E-state index contributed by atoms with van der Waals surface area (Å²) in [6, 6.07) is 7.59. The molecule has 1 unspecified atom stereocenters. The maximum absolute atomic E-state index is 12.9. The van der Waals surface area contributed by atoms with Gasteiger partial charge in [-0.2, -0.15) is 5.10 Å². The maximum atomic E-state index is 12.9. The summed E-state index contributed by atoms with van der Waals surface area (Å²) in [4.78, 5) is 14.8. The number of aryl methyl sites for hydroxylation is 1. The summed E-state index contributed by atoms with van der Waals surface area (Å²) in [6.45, 7) is 9.26. The van der Waals surface area contributed by atoms with E-state index in [-0.39, 0.29) is 17.6 Å². The van der Waals surface area contributed by atoms with E-state index in [2.05, 4.69) is 5.10 Å². The molecule has 23 heavy (non-hydrogen) atoms. The summed E-state index contributed by atoms with van der Waals surface area (Å²) in [5.41, 5.74) is 2.46. The lowest BCUT2D eigenvalue weighted by Gasteiger charge is -2.44.